The normalized spacial score (nSPS) is 14.8. The summed E-state index contributed by atoms with van der Waals surface area (Å²) in [5.74, 6) is 0.594. The Hall–Kier alpha value is -1.58. The standard InChI is InChI=1S/C10H12N2O2/c1-14-10(13)8-3-4-9(11-7-8)12-5-2-6-12/h3-4,7H,2,5-6H2,1H3. The summed E-state index contributed by atoms with van der Waals surface area (Å²) >= 11 is 0. The number of carbonyl (C=O) groups excluding carboxylic acids is 1. The lowest BCUT2D eigenvalue weighted by Crippen LogP contribution is -2.37. The fourth-order valence-corrected chi connectivity index (χ4v) is 1.36. The van der Waals surface area contributed by atoms with Crippen molar-refractivity contribution < 1.29 is 9.53 Å². The molecule has 2 rings (SSSR count). The van der Waals surface area contributed by atoms with Gasteiger partial charge in [-0.25, -0.2) is 9.78 Å². The first-order valence-corrected chi connectivity index (χ1v) is 4.60. The molecule has 1 saturated heterocycles. The van der Waals surface area contributed by atoms with E-state index in [2.05, 4.69) is 14.6 Å². The molecule has 1 aliphatic heterocycles. The maximum atomic E-state index is 11.1. The Bertz CT molecular complexity index is 330. The van der Waals surface area contributed by atoms with Gasteiger partial charge in [0.1, 0.15) is 5.82 Å². The predicted molar refractivity (Wildman–Crippen MR) is 52.4 cm³/mol. The van der Waals surface area contributed by atoms with Gasteiger partial charge in [0.05, 0.1) is 12.7 Å². The minimum atomic E-state index is -0.340. The zero-order chi connectivity index (χ0) is 9.97. The molecule has 4 heteroatoms. The highest BCUT2D eigenvalue weighted by Crippen LogP contribution is 2.17. The fourth-order valence-electron chi connectivity index (χ4n) is 1.36. The van der Waals surface area contributed by atoms with Crippen LogP contribution in [0.4, 0.5) is 5.82 Å². The van der Waals surface area contributed by atoms with Crippen LogP contribution in [0.1, 0.15) is 16.8 Å². The van der Waals surface area contributed by atoms with E-state index in [0.717, 1.165) is 18.9 Å². The van der Waals surface area contributed by atoms with Gasteiger partial charge in [-0.05, 0) is 18.6 Å². The third-order valence-corrected chi connectivity index (χ3v) is 2.35. The van der Waals surface area contributed by atoms with Gasteiger partial charge in [-0.1, -0.05) is 0 Å². The molecule has 0 bridgehead atoms. The minimum Gasteiger partial charge on any atom is -0.465 e. The number of esters is 1. The Morgan fingerprint density at radius 1 is 1.50 bits per heavy atom. The van der Waals surface area contributed by atoms with Gasteiger partial charge in [-0.15, -0.1) is 0 Å². The third-order valence-electron chi connectivity index (χ3n) is 2.35. The van der Waals surface area contributed by atoms with Gasteiger partial charge in [0.15, 0.2) is 0 Å². The second-order valence-electron chi connectivity index (χ2n) is 3.24. The number of aromatic nitrogens is 1. The van der Waals surface area contributed by atoms with Crippen molar-refractivity contribution >= 4 is 11.8 Å². The molecule has 0 aromatic carbocycles. The second-order valence-corrected chi connectivity index (χ2v) is 3.24. The average molecular weight is 192 g/mol. The molecule has 0 amide bonds. The van der Waals surface area contributed by atoms with E-state index >= 15 is 0 Å². The molecule has 0 spiro atoms. The van der Waals surface area contributed by atoms with E-state index in [9.17, 15) is 4.79 Å². The molecule has 2 heterocycles. The van der Waals surface area contributed by atoms with Gasteiger partial charge in [0.25, 0.3) is 0 Å². The van der Waals surface area contributed by atoms with Crippen molar-refractivity contribution in [2.75, 3.05) is 25.1 Å². The second kappa shape index (κ2) is 3.65. The van der Waals surface area contributed by atoms with Crippen LogP contribution >= 0.6 is 0 Å². The van der Waals surface area contributed by atoms with Crippen molar-refractivity contribution in [2.45, 2.75) is 6.42 Å². The lowest BCUT2D eigenvalue weighted by atomic mass is 10.2. The van der Waals surface area contributed by atoms with Crippen LogP contribution in [0.25, 0.3) is 0 Å². The molecule has 0 unspecified atom stereocenters. The maximum Gasteiger partial charge on any atom is 0.339 e. The highest BCUT2D eigenvalue weighted by Gasteiger charge is 2.15. The number of pyridine rings is 1. The molecule has 0 saturated carbocycles. The van der Waals surface area contributed by atoms with Gasteiger partial charge in [-0.3, -0.25) is 0 Å². The zero-order valence-corrected chi connectivity index (χ0v) is 8.06. The fraction of sp³-hybridized carbons (Fsp3) is 0.400. The Labute approximate surface area is 82.5 Å². The summed E-state index contributed by atoms with van der Waals surface area (Å²) < 4.78 is 4.58. The highest BCUT2D eigenvalue weighted by molar-refractivity contribution is 5.89. The Morgan fingerprint density at radius 2 is 2.29 bits per heavy atom. The van der Waals surface area contributed by atoms with Crippen molar-refractivity contribution in [3.8, 4) is 0 Å². The number of carbonyl (C=O) groups is 1. The van der Waals surface area contributed by atoms with Crippen molar-refractivity contribution in [2.24, 2.45) is 0 Å². The van der Waals surface area contributed by atoms with E-state index in [-0.39, 0.29) is 5.97 Å². The number of ether oxygens (including phenoxy) is 1. The molecule has 0 radical (unpaired) electrons. The molecule has 0 N–H and O–H groups in total. The molecular formula is C10H12N2O2. The van der Waals surface area contributed by atoms with Crippen LogP contribution in [0.5, 0.6) is 0 Å². The van der Waals surface area contributed by atoms with Crippen molar-refractivity contribution in [1.29, 1.82) is 0 Å². The summed E-state index contributed by atoms with van der Waals surface area (Å²) in [7, 11) is 1.37. The number of nitrogens with zero attached hydrogens (tertiary/aromatic N) is 2. The maximum absolute atomic E-state index is 11.1. The van der Waals surface area contributed by atoms with Gasteiger partial charge in [0, 0.05) is 19.3 Å². The summed E-state index contributed by atoms with van der Waals surface area (Å²) in [6.45, 7) is 2.12. The van der Waals surface area contributed by atoms with Gasteiger partial charge in [-0.2, -0.15) is 0 Å². The summed E-state index contributed by atoms with van der Waals surface area (Å²) in [4.78, 5) is 17.5. The number of anilines is 1. The Balaban J connectivity index is 2.13. The number of methoxy groups -OCH3 is 1. The molecule has 1 aromatic heterocycles. The van der Waals surface area contributed by atoms with Crippen LogP contribution in [0.2, 0.25) is 0 Å². The van der Waals surface area contributed by atoms with E-state index < -0.39 is 0 Å². The third kappa shape index (κ3) is 1.55. The van der Waals surface area contributed by atoms with Gasteiger partial charge < -0.3 is 9.64 Å². The molecule has 1 fully saturated rings. The minimum absolute atomic E-state index is 0.340. The molecule has 14 heavy (non-hydrogen) atoms. The highest BCUT2D eigenvalue weighted by atomic mass is 16.5. The van der Waals surface area contributed by atoms with E-state index in [1.807, 2.05) is 6.07 Å². The summed E-state index contributed by atoms with van der Waals surface area (Å²) in [5, 5.41) is 0. The van der Waals surface area contributed by atoms with Crippen LogP contribution in [0.3, 0.4) is 0 Å². The van der Waals surface area contributed by atoms with E-state index in [1.165, 1.54) is 13.5 Å². The molecule has 0 aliphatic carbocycles. The van der Waals surface area contributed by atoms with Crippen LogP contribution in [-0.4, -0.2) is 31.2 Å². The summed E-state index contributed by atoms with van der Waals surface area (Å²) in [5.41, 5.74) is 0.497. The largest absolute Gasteiger partial charge is 0.465 e. The molecule has 74 valence electrons. The average Bonchev–Trinajstić information content (AvgIpc) is 2.15. The van der Waals surface area contributed by atoms with Gasteiger partial charge >= 0.3 is 5.97 Å². The molecule has 1 aromatic rings. The molecule has 4 nitrogen and oxygen atoms in total. The molecular weight excluding hydrogens is 180 g/mol. The summed E-state index contributed by atoms with van der Waals surface area (Å²) in [6.07, 6.45) is 2.78. The number of hydrogen-bond donors (Lipinski definition) is 0. The van der Waals surface area contributed by atoms with Crippen molar-refractivity contribution in [3.05, 3.63) is 23.9 Å². The first kappa shape index (κ1) is 8.99. The quantitative estimate of drug-likeness (QED) is 0.657. The predicted octanol–water partition coefficient (Wildman–Crippen LogP) is 1.08. The number of rotatable bonds is 2. The summed E-state index contributed by atoms with van der Waals surface area (Å²) in [6, 6.07) is 3.60. The van der Waals surface area contributed by atoms with E-state index in [4.69, 9.17) is 0 Å². The van der Waals surface area contributed by atoms with Gasteiger partial charge in [0.2, 0.25) is 0 Å². The lowest BCUT2D eigenvalue weighted by molar-refractivity contribution is 0.0600. The SMILES string of the molecule is COC(=O)c1ccc(N2CCC2)nc1. The van der Waals surface area contributed by atoms with Crippen LogP contribution < -0.4 is 4.90 Å². The smallest absolute Gasteiger partial charge is 0.339 e. The zero-order valence-electron chi connectivity index (χ0n) is 8.06. The van der Waals surface area contributed by atoms with E-state index in [1.54, 1.807) is 12.3 Å². The topological polar surface area (TPSA) is 42.4 Å². The van der Waals surface area contributed by atoms with Crippen LogP contribution in [0.15, 0.2) is 18.3 Å². The number of hydrogen-bond acceptors (Lipinski definition) is 4. The van der Waals surface area contributed by atoms with Crippen molar-refractivity contribution in [1.82, 2.24) is 4.98 Å². The molecule has 1 aliphatic rings. The van der Waals surface area contributed by atoms with Crippen LogP contribution in [-0.2, 0) is 4.74 Å². The van der Waals surface area contributed by atoms with E-state index in [0.29, 0.717) is 5.56 Å². The first-order chi connectivity index (χ1) is 6.81. The first-order valence-electron chi connectivity index (χ1n) is 4.60. The van der Waals surface area contributed by atoms with Crippen molar-refractivity contribution in [3.63, 3.8) is 0 Å². The Kier molecular flexibility index (Phi) is 2.35. The lowest BCUT2D eigenvalue weighted by Gasteiger charge is -2.31. The molecule has 0 atom stereocenters. The van der Waals surface area contributed by atoms with Crippen LogP contribution in [0, 0.1) is 0 Å². The Morgan fingerprint density at radius 3 is 2.71 bits per heavy atom. The monoisotopic (exact) mass is 192 g/mol.